The number of carbonyl (C=O) groups is 1. The number of nitrogen functional groups attached to an aromatic ring is 1. The summed E-state index contributed by atoms with van der Waals surface area (Å²) >= 11 is 13.2. The highest BCUT2D eigenvalue weighted by Gasteiger charge is 2.10. The summed E-state index contributed by atoms with van der Waals surface area (Å²) in [6, 6.07) is 8.79. The molecule has 0 atom stereocenters. The molecule has 0 unspecified atom stereocenters. The molecule has 2 aromatic rings. The summed E-state index contributed by atoms with van der Waals surface area (Å²) in [5.74, 6) is -0.130. The SMILES string of the molecule is CN(CC(=O)Nc1ccc(Cl)cc1N)Cc1ccc(Cl)s1. The van der Waals surface area contributed by atoms with Crippen LogP contribution in [0.15, 0.2) is 30.3 Å². The van der Waals surface area contributed by atoms with Crippen LogP contribution in [0.2, 0.25) is 9.36 Å². The number of anilines is 2. The Hall–Kier alpha value is -1.27. The topological polar surface area (TPSA) is 58.4 Å². The normalized spacial score (nSPS) is 10.9. The Morgan fingerprint density at radius 1 is 1.33 bits per heavy atom. The molecule has 0 fully saturated rings. The van der Waals surface area contributed by atoms with Crippen molar-refractivity contribution in [2.24, 2.45) is 0 Å². The highest BCUT2D eigenvalue weighted by Crippen LogP contribution is 2.23. The van der Waals surface area contributed by atoms with Gasteiger partial charge in [-0.1, -0.05) is 23.2 Å². The molecule has 112 valence electrons. The summed E-state index contributed by atoms with van der Waals surface area (Å²) in [5.41, 5.74) is 6.82. The van der Waals surface area contributed by atoms with Crippen molar-refractivity contribution in [2.45, 2.75) is 6.54 Å². The van der Waals surface area contributed by atoms with Gasteiger partial charge in [-0.15, -0.1) is 11.3 Å². The summed E-state index contributed by atoms with van der Waals surface area (Å²) in [4.78, 5) is 15.0. The molecule has 7 heteroatoms. The van der Waals surface area contributed by atoms with Gasteiger partial charge in [-0.25, -0.2) is 0 Å². The van der Waals surface area contributed by atoms with Crippen molar-refractivity contribution in [1.29, 1.82) is 0 Å². The maximum atomic E-state index is 12.0. The van der Waals surface area contributed by atoms with E-state index in [1.54, 1.807) is 18.2 Å². The Morgan fingerprint density at radius 3 is 2.71 bits per heavy atom. The Balaban J connectivity index is 1.89. The monoisotopic (exact) mass is 343 g/mol. The molecular weight excluding hydrogens is 329 g/mol. The highest BCUT2D eigenvalue weighted by atomic mass is 35.5. The Kier molecular flexibility index (Phi) is 5.47. The van der Waals surface area contributed by atoms with Crippen LogP contribution >= 0.6 is 34.5 Å². The second-order valence-electron chi connectivity index (χ2n) is 4.66. The molecule has 0 aliphatic carbocycles. The number of nitrogens with zero attached hydrogens (tertiary/aromatic N) is 1. The smallest absolute Gasteiger partial charge is 0.238 e. The number of nitrogens with two attached hydrogens (primary N) is 1. The standard InChI is InChI=1S/C14H15Cl2N3OS/c1-19(7-10-3-5-13(16)21-10)8-14(20)18-12-4-2-9(15)6-11(12)17/h2-6H,7-8,17H2,1H3,(H,18,20). The van der Waals surface area contributed by atoms with Gasteiger partial charge in [-0.3, -0.25) is 9.69 Å². The van der Waals surface area contributed by atoms with E-state index in [0.717, 1.165) is 9.21 Å². The number of hydrogen-bond donors (Lipinski definition) is 2. The lowest BCUT2D eigenvalue weighted by molar-refractivity contribution is -0.117. The van der Waals surface area contributed by atoms with Crippen LogP contribution in [0, 0.1) is 0 Å². The molecule has 0 aliphatic rings. The van der Waals surface area contributed by atoms with E-state index in [1.165, 1.54) is 11.3 Å². The molecule has 1 amide bonds. The van der Waals surface area contributed by atoms with Crippen molar-refractivity contribution in [3.8, 4) is 0 Å². The van der Waals surface area contributed by atoms with E-state index in [1.807, 2.05) is 24.1 Å². The van der Waals surface area contributed by atoms with Gasteiger partial charge in [-0.2, -0.15) is 0 Å². The van der Waals surface area contributed by atoms with E-state index in [2.05, 4.69) is 5.32 Å². The quantitative estimate of drug-likeness (QED) is 0.813. The Labute approximate surface area is 137 Å². The molecule has 2 rings (SSSR count). The lowest BCUT2D eigenvalue weighted by Gasteiger charge is -2.16. The Morgan fingerprint density at radius 2 is 2.10 bits per heavy atom. The lowest BCUT2D eigenvalue weighted by atomic mass is 10.2. The summed E-state index contributed by atoms with van der Waals surface area (Å²) in [5, 5.41) is 3.31. The molecule has 0 saturated carbocycles. The van der Waals surface area contributed by atoms with Crippen LogP contribution in [0.3, 0.4) is 0 Å². The number of carbonyl (C=O) groups excluding carboxylic acids is 1. The molecular formula is C14H15Cl2N3OS. The number of halogens is 2. The number of hydrogen-bond acceptors (Lipinski definition) is 4. The van der Waals surface area contributed by atoms with Crippen molar-refractivity contribution in [3.05, 3.63) is 44.6 Å². The van der Waals surface area contributed by atoms with E-state index in [-0.39, 0.29) is 12.5 Å². The number of benzene rings is 1. The number of likely N-dealkylation sites (N-methyl/N-ethyl adjacent to an activating group) is 1. The van der Waals surface area contributed by atoms with E-state index >= 15 is 0 Å². The molecule has 4 nitrogen and oxygen atoms in total. The van der Waals surface area contributed by atoms with Gasteiger partial charge in [0.2, 0.25) is 5.91 Å². The predicted molar refractivity (Wildman–Crippen MR) is 90.2 cm³/mol. The number of rotatable bonds is 5. The van der Waals surface area contributed by atoms with Crippen molar-refractivity contribution in [2.75, 3.05) is 24.6 Å². The van der Waals surface area contributed by atoms with Gasteiger partial charge in [0.1, 0.15) is 0 Å². The third kappa shape index (κ3) is 4.89. The molecule has 0 saturated heterocycles. The Bertz CT molecular complexity index is 645. The number of amides is 1. The average molecular weight is 344 g/mol. The molecule has 21 heavy (non-hydrogen) atoms. The molecule has 3 N–H and O–H groups in total. The zero-order chi connectivity index (χ0) is 15.4. The molecule has 1 aromatic carbocycles. The van der Waals surface area contributed by atoms with Crippen LogP contribution in [0.5, 0.6) is 0 Å². The molecule has 0 spiro atoms. The molecule has 1 heterocycles. The van der Waals surface area contributed by atoms with Crippen molar-refractivity contribution < 1.29 is 4.79 Å². The van der Waals surface area contributed by atoms with E-state index in [9.17, 15) is 4.79 Å². The first-order chi connectivity index (χ1) is 9.94. The van der Waals surface area contributed by atoms with Gasteiger partial charge in [0, 0.05) is 16.4 Å². The summed E-state index contributed by atoms with van der Waals surface area (Å²) < 4.78 is 0.747. The van der Waals surface area contributed by atoms with Crippen LogP contribution in [-0.4, -0.2) is 24.4 Å². The van der Waals surface area contributed by atoms with Gasteiger partial charge in [0.05, 0.1) is 22.3 Å². The van der Waals surface area contributed by atoms with Crippen LogP contribution < -0.4 is 11.1 Å². The van der Waals surface area contributed by atoms with Crippen molar-refractivity contribution in [3.63, 3.8) is 0 Å². The molecule has 1 aromatic heterocycles. The molecule has 0 bridgehead atoms. The van der Waals surface area contributed by atoms with Crippen LogP contribution in [-0.2, 0) is 11.3 Å². The fourth-order valence-corrected chi connectivity index (χ4v) is 3.19. The third-order valence-corrected chi connectivity index (χ3v) is 4.21. The van der Waals surface area contributed by atoms with E-state index in [0.29, 0.717) is 22.9 Å². The summed E-state index contributed by atoms with van der Waals surface area (Å²) in [6.07, 6.45) is 0. The van der Waals surface area contributed by atoms with Crippen molar-refractivity contribution in [1.82, 2.24) is 4.90 Å². The minimum absolute atomic E-state index is 0.130. The summed E-state index contributed by atoms with van der Waals surface area (Å²) in [7, 11) is 1.87. The zero-order valence-corrected chi connectivity index (χ0v) is 13.7. The van der Waals surface area contributed by atoms with E-state index < -0.39 is 0 Å². The first kappa shape index (κ1) is 16.1. The van der Waals surface area contributed by atoms with Gasteiger partial charge in [0.15, 0.2) is 0 Å². The first-order valence-electron chi connectivity index (χ1n) is 6.21. The minimum atomic E-state index is -0.130. The predicted octanol–water partition coefficient (Wildman–Crippen LogP) is 3.71. The number of thiophene rings is 1. The second kappa shape index (κ2) is 7.13. The molecule has 0 radical (unpaired) electrons. The van der Waals surface area contributed by atoms with Crippen LogP contribution in [0.4, 0.5) is 11.4 Å². The molecule has 0 aliphatic heterocycles. The average Bonchev–Trinajstić information content (AvgIpc) is 2.78. The fraction of sp³-hybridized carbons (Fsp3) is 0.214. The van der Waals surface area contributed by atoms with Crippen molar-refractivity contribution >= 4 is 51.8 Å². The lowest BCUT2D eigenvalue weighted by Crippen LogP contribution is -2.29. The van der Waals surface area contributed by atoms with Crippen LogP contribution in [0.1, 0.15) is 4.88 Å². The third-order valence-electron chi connectivity index (χ3n) is 2.76. The maximum Gasteiger partial charge on any atom is 0.238 e. The highest BCUT2D eigenvalue weighted by molar-refractivity contribution is 7.16. The minimum Gasteiger partial charge on any atom is -0.397 e. The van der Waals surface area contributed by atoms with Gasteiger partial charge >= 0.3 is 0 Å². The second-order valence-corrected chi connectivity index (χ2v) is 6.89. The van der Waals surface area contributed by atoms with Gasteiger partial charge < -0.3 is 11.1 Å². The fourth-order valence-electron chi connectivity index (χ4n) is 1.84. The maximum absolute atomic E-state index is 12.0. The van der Waals surface area contributed by atoms with Gasteiger partial charge in [0.25, 0.3) is 0 Å². The largest absolute Gasteiger partial charge is 0.397 e. The first-order valence-corrected chi connectivity index (χ1v) is 7.79. The number of nitrogens with one attached hydrogen (secondary N) is 1. The van der Waals surface area contributed by atoms with E-state index in [4.69, 9.17) is 28.9 Å². The zero-order valence-electron chi connectivity index (χ0n) is 11.4. The van der Waals surface area contributed by atoms with Crippen LogP contribution in [0.25, 0.3) is 0 Å². The summed E-state index contributed by atoms with van der Waals surface area (Å²) in [6.45, 7) is 0.929. The van der Waals surface area contributed by atoms with Gasteiger partial charge in [-0.05, 0) is 37.4 Å².